The first-order valence-electron chi connectivity index (χ1n) is 5.58. The van der Waals surface area contributed by atoms with Gasteiger partial charge in [-0.3, -0.25) is 0 Å². The van der Waals surface area contributed by atoms with E-state index >= 15 is 0 Å². The van der Waals surface area contributed by atoms with Gasteiger partial charge in [0, 0.05) is 5.56 Å². The van der Waals surface area contributed by atoms with Gasteiger partial charge in [0.05, 0.1) is 16.4 Å². The Labute approximate surface area is 110 Å². The average Bonchev–Trinajstić information content (AvgIpc) is 2.32. The number of benzene rings is 1. The number of aromatic nitrogens is 2. The van der Waals surface area contributed by atoms with Crippen LogP contribution in [0.15, 0.2) is 24.3 Å². The molecule has 18 heavy (non-hydrogen) atoms. The molecule has 1 aromatic heterocycles. The Morgan fingerprint density at radius 3 is 2.33 bits per heavy atom. The first kappa shape index (κ1) is 12.8. The topological polar surface area (TPSA) is 51.8 Å². The van der Waals surface area contributed by atoms with Crippen molar-refractivity contribution in [1.82, 2.24) is 9.97 Å². The van der Waals surface area contributed by atoms with Crippen molar-refractivity contribution in [2.45, 2.75) is 19.8 Å². The van der Waals surface area contributed by atoms with Crippen molar-refractivity contribution in [1.29, 1.82) is 0 Å². The SMILES string of the molecule is CC(C)c1nc(N)nc(-c2ccc(F)cc2)c1Cl. The van der Waals surface area contributed by atoms with E-state index in [0.29, 0.717) is 16.4 Å². The van der Waals surface area contributed by atoms with Crippen LogP contribution in [-0.2, 0) is 0 Å². The maximum atomic E-state index is 12.9. The van der Waals surface area contributed by atoms with Crippen LogP contribution in [0.5, 0.6) is 0 Å². The molecule has 2 aromatic rings. The number of anilines is 1. The van der Waals surface area contributed by atoms with Crippen LogP contribution in [-0.4, -0.2) is 9.97 Å². The fourth-order valence-corrected chi connectivity index (χ4v) is 2.08. The third-order valence-corrected chi connectivity index (χ3v) is 2.93. The summed E-state index contributed by atoms with van der Waals surface area (Å²) in [5.74, 6) is 0.00501. The smallest absolute Gasteiger partial charge is 0.220 e. The fraction of sp³-hybridized carbons (Fsp3) is 0.231. The number of nitrogens with zero attached hydrogens (tertiary/aromatic N) is 2. The Morgan fingerprint density at radius 2 is 1.78 bits per heavy atom. The van der Waals surface area contributed by atoms with Gasteiger partial charge in [-0.05, 0) is 30.2 Å². The predicted molar refractivity (Wildman–Crippen MR) is 70.9 cm³/mol. The van der Waals surface area contributed by atoms with Gasteiger partial charge in [0.1, 0.15) is 5.82 Å². The summed E-state index contributed by atoms with van der Waals surface area (Å²) in [6, 6.07) is 5.96. The van der Waals surface area contributed by atoms with E-state index in [4.69, 9.17) is 17.3 Å². The van der Waals surface area contributed by atoms with E-state index in [1.165, 1.54) is 12.1 Å². The Hall–Kier alpha value is -1.68. The summed E-state index contributed by atoms with van der Waals surface area (Å²) in [6.07, 6.45) is 0. The maximum Gasteiger partial charge on any atom is 0.220 e. The Bertz CT molecular complexity index is 567. The van der Waals surface area contributed by atoms with Gasteiger partial charge in [-0.1, -0.05) is 25.4 Å². The van der Waals surface area contributed by atoms with Gasteiger partial charge >= 0.3 is 0 Å². The number of nitrogens with two attached hydrogens (primary N) is 1. The van der Waals surface area contributed by atoms with Gasteiger partial charge in [-0.25, -0.2) is 14.4 Å². The molecule has 0 aliphatic carbocycles. The van der Waals surface area contributed by atoms with E-state index < -0.39 is 0 Å². The minimum Gasteiger partial charge on any atom is -0.368 e. The largest absolute Gasteiger partial charge is 0.368 e. The second-order valence-electron chi connectivity index (χ2n) is 4.29. The molecule has 2 rings (SSSR count). The molecule has 1 aromatic carbocycles. The number of hydrogen-bond donors (Lipinski definition) is 1. The lowest BCUT2D eigenvalue weighted by Gasteiger charge is -2.11. The van der Waals surface area contributed by atoms with Gasteiger partial charge in [0.25, 0.3) is 0 Å². The molecular weight excluding hydrogens is 253 g/mol. The van der Waals surface area contributed by atoms with Crippen LogP contribution in [0, 0.1) is 5.82 Å². The van der Waals surface area contributed by atoms with E-state index in [1.807, 2.05) is 13.8 Å². The van der Waals surface area contributed by atoms with Crippen molar-refractivity contribution >= 4 is 17.5 Å². The van der Waals surface area contributed by atoms with Crippen molar-refractivity contribution in [3.63, 3.8) is 0 Å². The summed E-state index contributed by atoms with van der Waals surface area (Å²) < 4.78 is 12.9. The van der Waals surface area contributed by atoms with E-state index in [-0.39, 0.29) is 17.7 Å². The molecule has 0 spiro atoms. The molecule has 94 valence electrons. The highest BCUT2D eigenvalue weighted by atomic mass is 35.5. The first-order chi connectivity index (χ1) is 8.49. The molecule has 0 fully saturated rings. The van der Waals surface area contributed by atoms with Crippen LogP contribution in [0.2, 0.25) is 5.02 Å². The van der Waals surface area contributed by atoms with E-state index in [0.717, 1.165) is 5.56 Å². The first-order valence-corrected chi connectivity index (χ1v) is 5.95. The summed E-state index contributed by atoms with van der Waals surface area (Å²) in [5.41, 5.74) is 7.63. The molecule has 0 bridgehead atoms. The Balaban J connectivity index is 2.60. The van der Waals surface area contributed by atoms with Gasteiger partial charge in [0.2, 0.25) is 5.95 Å². The van der Waals surface area contributed by atoms with Crippen molar-refractivity contribution in [2.24, 2.45) is 0 Å². The zero-order valence-electron chi connectivity index (χ0n) is 10.1. The van der Waals surface area contributed by atoms with Gasteiger partial charge in [0.15, 0.2) is 0 Å². The molecule has 0 aliphatic heterocycles. The predicted octanol–water partition coefficient (Wildman–Crippen LogP) is 3.64. The summed E-state index contributed by atoms with van der Waals surface area (Å²) in [7, 11) is 0. The molecule has 0 radical (unpaired) electrons. The molecule has 0 unspecified atom stereocenters. The maximum absolute atomic E-state index is 12.9. The lowest BCUT2D eigenvalue weighted by molar-refractivity contribution is 0.628. The summed E-state index contributed by atoms with van der Waals surface area (Å²) in [5, 5.41) is 0.464. The van der Waals surface area contributed by atoms with Gasteiger partial charge < -0.3 is 5.73 Å². The molecule has 1 heterocycles. The number of nitrogen functional groups attached to an aromatic ring is 1. The Kier molecular flexibility index (Phi) is 3.48. The van der Waals surface area contributed by atoms with Crippen LogP contribution < -0.4 is 5.73 Å². The van der Waals surface area contributed by atoms with Crippen LogP contribution in [0.1, 0.15) is 25.5 Å². The zero-order valence-corrected chi connectivity index (χ0v) is 10.9. The van der Waals surface area contributed by atoms with E-state index in [2.05, 4.69) is 9.97 Å². The highest BCUT2D eigenvalue weighted by Gasteiger charge is 2.15. The average molecular weight is 266 g/mol. The molecule has 2 N–H and O–H groups in total. The molecule has 0 aliphatic rings. The second-order valence-corrected chi connectivity index (χ2v) is 4.67. The van der Waals surface area contributed by atoms with Crippen molar-refractivity contribution in [3.05, 3.63) is 40.8 Å². The number of hydrogen-bond acceptors (Lipinski definition) is 3. The fourth-order valence-electron chi connectivity index (χ4n) is 1.66. The number of rotatable bonds is 2. The highest BCUT2D eigenvalue weighted by molar-refractivity contribution is 6.33. The third kappa shape index (κ3) is 2.43. The molecular formula is C13H13ClFN3. The summed E-state index contributed by atoms with van der Waals surface area (Å²) in [6.45, 7) is 3.95. The minimum atomic E-state index is -0.305. The van der Waals surface area contributed by atoms with Crippen molar-refractivity contribution < 1.29 is 4.39 Å². The number of halogens is 2. The molecule has 0 saturated carbocycles. The van der Waals surface area contributed by atoms with Crippen molar-refractivity contribution in [2.75, 3.05) is 5.73 Å². The minimum absolute atomic E-state index is 0.141. The van der Waals surface area contributed by atoms with E-state index in [9.17, 15) is 4.39 Å². The van der Waals surface area contributed by atoms with Crippen LogP contribution >= 0.6 is 11.6 Å². The molecule has 3 nitrogen and oxygen atoms in total. The third-order valence-electron chi connectivity index (χ3n) is 2.56. The van der Waals surface area contributed by atoms with E-state index in [1.54, 1.807) is 12.1 Å². The summed E-state index contributed by atoms with van der Waals surface area (Å²) >= 11 is 6.28. The molecule has 0 saturated heterocycles. The van der Waals surface area contributed by atoms with Crippen LogP contribution in [0.3, 0.4) is 0 Å². The van der Waals surface area contributed by atoms with Crippen LogP contribution in [0.25, 0.3) is 11.3 Å². The standard InChI is InChI=1S/C13H13ClFN3/c1-7(2)11-10(14)12(18-13(16)17-11)8-3-5-9(15)6-4-8/h3-7H,1-2H3,(H2,16,17,18). The molecule has 5 heteroatoms. The quantitative estimate of drug-likeness (QED) is 0.902. The van der Waals surface area contributed by atoms with Gasteiger partial charge in [-0.15, -0.1) is 0 Å². The summed E-state index contributed by atoms with van der Waals surface area (Å²) in [4.78, 5) is 8.26. The van der Waals surface area contributed by atoms with Crippen molar-refractivity contribution in [3.8, 4) is 11.3 Å². The molecule has 0 atom stereocenters. The normalized spacial score (nSPS) is 10.9. The van der Waals surface area contributed by atoms with Crippen LogP contribution in [0.4, 0.5) is 10.3 Å². The molecule has 0 amide bonds. The Morgan fingerprint density at radius 1 is 1.17 bits per heavy atom. The lowest BCUT2D eigenvalue weighted by atomic mass is 10.1. The zero-order chi connectivity index (χ0) is 13.3. The highest BCUT2D eigenvalue weighted by Crippen LogP contribution is 2.32. The second kappa shape index (κ2) is 4.90. The monoisotopic (exact) mass is 265 g/mol. The lowest BCUT2D eigenvalue weighted by Crippen LogP contribution is -2.04. The van der Waals surface area contributed by atoms with Gasteiger partial charge in [-0.2, -0.15) is 0 Å².